The highest BCUT2D eigenvalue weighted by Crippen LogP contribution is 2.20. The van der Waals surface area contributed by atoms with Crippen molar-refractivity contribution < 1.29 is 4.79 Å². The molecule has 5 rings (SSSR count). The minimum absolute atomic E-state index is 0.106. The van der Waals surface area contributed by atoms with Gasteiger partial charge in [-0.25, -0.2) is 4.52 Å². The summed E-state index contributed by atoms with van der Waals surface area (Å²) in [6.45, 7) is 0.791. The van der Waals surface area contributed by atoms with Gasteiger partial charge in [0.05, 0.1) is 12.7 Å². The number of hydrogen-bond donors (Lipinski definition) is 2. The van der Waals surface area contributed by atoms with Crippen LogP contribution in [0, 0.1) is 0 Å². The first-order valence-electron chi connectivity index (χ1n) is 9.63. The lowest BCUT2D eigenvalue weighted by atomic mass is 10.1. The minimum Gasteiger partial charge on any atom is -0.366 e. The van der Waals surface area contributed by atoms with Gasteiger partial charge in [0, 0.05) is 36.0 Å². The second-order valence-electron chi connectivity index (χ2n) is 7.06. The highest BCUT2D eigenvalue weighted by Gasteiger charge is 2.09. The van der Waals surface area contributed by atoms with Gasteiger partial charge in [-0.1, -0.05) is 12.1 Å². The molecule has 10 heteroatoms. The van der Waals surface area contributed by atoms with E-state index in [1.54, 1.807) is 27.8 Å². The van der Waals surface area contributed by atoms with Gasteiger partial charge in [0.1, 0.15) is 6.54 Å². The number of fused-ring (bicyclic) bond motifs is 1. The molecule has 0 bridgehead atoms. The molecule has 0 spiro atoms. The van der Waals surface area contributed by atoms with Crippen molar-refractivity contribution in [1.29, 1.82) is 0 Å². The number of hydrogen-bond acceptors (Lipinski definition) is 6. The molecule has 31 heavy (non-hydrogen) atoms. The van der Waals surface area contributed by atoms with Gasteiger partial charge in [0.25, 0.3) is 0 Å². The van der Waals surface area contributed by atoms with Gasteiger partial charge in [-0.05, 0) is 41.5 Å². The molecule has 0 atom stereocenters. The number of amides is 1. The van der Waals surface area contributed by atoms with Crippen molar-refractivity contribution in [3.63, 3.8) is 0 Å². The third kappa shape index (κ3) is 4.13. The summed E-state index contributed by atoms with van der Waals surface area (Å²) in [7, 11) is 0. The monoisotopic (exact) mass is 413 g/mol. The number of benzene rings is 1. The average molecular weight is 413 g/mol. The molecule has 0 radical (unpaired) electrons. The van der Waals surface area contributed by atoms with Crippen molar-refractivity contribution >= 4 is 23.2 Å². The first-order chi connectivity index (χ1) is 15.1. The SMILES string of the molecule is Nc1nc2cc(-c3cnn(CC(=O)Nc4ccc(Cn5cccn5)cc4)c3)ccn2n1. The second kappa shape index (κ2) is 7.75. The standard InChI is InChI=1S/C21H19N9O/c22-21-26-19-10-16(6-9-30(19)27-21)17-11-24-29(13-17)14-20(31)25-18-4-2-15(3-5-18)12-28-8-1-7-23-28/h1-11,13H,12,14H2,(H2,22,27)(H,25,31). The molecule has 0 aliphatic rings. The van der Waals surface area contributed by atoms with Gasteiger partial charge in [-0.2, -0.15) is 15.2 Å². The molecular weight excluding hydrogens is 394 g/mol. The lowest BCUT2D eigenvalue weighted by Crippen LogP contribution is -2.19. The first kappa shape index (κ1) is 18.6. The number of nitrogens with one attached hydrogen (secondary N) is 1. The minimum atomic E-state index is -0.157. The van der Waals surface area contributed by atoms with Crippen molar-refractivity contribution in [3.8, 4) is 11.1 Å². The van der Waals surface area contributed by atoms with Gasteiger partial charge in [-0.3, -0.25) is 14.2 Å². The molecule has 0 saturated heterocycles. The Balaban J connectivity index is 1.22. The third-order valence-corrected chi connectivity index (χ3v) is 4.77. The van der Waals surface area contributed by atoms with Crippen molar-refractivity contribution in [2.45, 2.75) is 13.1 Å². The van der Waals surface area contributed by atoms with Crippen LogP contribution in [0.3, 0.4) is 0 Å². The molecule has 0 saturated carbocycles. The zero-order valence-corrected chi connectivity index (χ0v) is 16.5. The van der Waals surface area contributed by atoms with Crippen LogP contribution in [0.15, 0.2) is 73.4 Å². The molecule has 3 N–H and O–H groups in total. The van der Waals surface area contributed by atoms with E-state index in [2.05, 4.69) is 25.6 Å². The maximum absolute atomic E-state index is 12.4. The normalized spacial score (nSPS) is 11.1. The smallest absolute Gasteiger partial charge is 0.246 e. The Hall–Kier alpha value is -4.47. The molecule has 0 unspecified atom stereocenters. The molecule has 4 heterocycles. The summed E-state index contributed by atoms with van der Waals surface area (Å²) in [5.41, 5.74) is 9.91. The van der Waals surface area contributed by atoms with E-state index in [0.29, 0.717) is 12.2 Å². The number of nitrogens with zero attached hydrogens (tertiary/aromatic N) is 7. The highest BCUT2D eigenvalue weighted by atomic mass is 16.2. The summed E-state index contributed by atoms with van der Waals surface area (Å²) >= 11 is 0. The number of anilines is 2. The zero-order valence-electron chi connectivity index (χ0n) is 16.5. The number of carbonyl (C=O) groups is 1. The fraction of sp³-hybridized carbons (Fsp3) is 0.0952. The summed E-state index contributed by atoms with van der Waals surface area (Å²) < 4.78 is 5.05. The predicted octanol–water partition coefficient (Wildman–Crippen LogP) is 2.06. The van der Waals surface area contributed by atoms with Crippen LogP contribution in [0.25, 0.3) is 16.8 Å². The zero-order chi connectivity index (χ0) is 21.2. The summed E-state index contributed by atoms with van der Waals surface area (Å²) in [6, 6.07) is 13.4. The maximum atomic E-state index is 12.4. The van der Waals surface area contributed by atoms with Gasteiger partial charge in [0.2, 0.25) is 11.9 Å². The van der Waals surface area contributed by atoms with Crippen LogP contribution < -0.4 is 11.1 Å². The fourth-order valence-corrected chi connectivity index (χ4v) is 3.30. The molecule has 154 valence electrons. The van der Waals surface area contributed by atoms with E-state index in [1.165, 1.54) is 0 Å². The number of carbonyl (C=O) groups excluding carboxylic acids is 1. The van der Waals surface area contributed by atoms with Crippen molar-refractivity contribution in [1.82, 2.24) is 34.2 Å². The summed E-state index contributed by atoms with van der Waals surface area (Å²) in [5, 5.41) is 15.4. The van der Waals surface area contributed by atoms with Crippen LogP contribution in [0.2, 0.25) is 0 Å². The Labute approximate surface area is 176 Å². The van der Waals surface area contributed by atoms with Crippen LogP contribution in [0.4, 0.5) is 11.6 Å². The molecule has 10 nitrogen and oxygen atoms in total. The molecule has 4 aromatic heterocycles. The topological polar surface area (TPSA) is 121 Å². The molecule has 5 aromatic rings. The van der Waals surface area contributed by atoms with E-state index in [9.17, 15) is 4.79 Å². The van der Waals surface area contributed by atoms with Crippen molar-refractivity contribution in [2.75, 3.05) is 11.1 Å². The number of rotatable bonds is 6. The van der Waals surface area contributed by atoms with Crippen LogP contribution in [-0.4, -0.2) is 40.1 Å². The number of nitrogens with two attached hydrogens (primary N) is 1. The Morgan fingerprint density at radius 2 is 1.90 bits per heavy atom. The first-order valence-corrected chi connectivity index (χ1v) is 9.63. The molecule has 1 aromatic carbocycles. The van der Waals surface area contributed by atoms with E-state index in [0.717, 1.165) is 22.4 Å². The largest absolute Gasteiger partial charge is 0.366 e. The fourth-order valence-electron chi connectivity index (χ4n) is 3.30. The molecule has 0 aliphatic heterocycles. The van der Waals surface area contributed by atoms with E-state index >= 15 is 0 Å². The molecule has 1 amide bonds. The third-order valence-electron chi connectivity index (χ3n) is 4.77. The number of aromatic nitrogens is 7. The quantitative estimate of drug-likeness (QED) is 0.440. The molecule has 0 fully saturated rings. The van der Waals surface area contributed by atoms with Crippen LogP contribution in [0.1, 0.15) is 5.56 Å². The summed E-state index contributed by atoms with van der Waals surface area (Å²) in [6.07, 6.45) is 8.97. The number of nitrogen functional groups attached to an aromatic ring is 1. The second-order valence-corrected chi connectivity index (χ2v) is 7.06. The Morgan fingerprint density at radius 1 is 1.03 bits per heavy atom. The van der Waals surface area contributed by atoms with Gasteiger partial charge < -0.3 is 11.1 Å². The predicted molar refractivity (Wildman–Crippen MR) is 115 cm³/mol. The Kier molecular flexibility index (Phi) is 4.64. The van der Waals surface area contributed by atoms with E-state index < -0.39 is 0 Å². The van der Waals surface area contributed by atoms with E-state index in [1.807, 2.05) is 59.5 Å². The van der Waals surface area contributed by atoms with Gasteiger partial charge >= 0.3 is 0 Å². The summed E-state index contributed by atoms with van der Waals surface area (Å²) in [5.74, 6) is 0.0640. The Bertz CT molecular complexity index is 1330. The van der Waals surface area contributed by atoms with Crippen LogP contribution in [-0.2, 0) is 17.9 Å². The Morgan fingerprint density at radius 3 is 2.71 bits per heavy atom. The highest BCUT2D eigenvalue weighted by molar-refractivity contribution is 5.90. The van der Waals surface area contributed by atoms with Crippen LogP contribution >= 0.6 is 0 Å². The van der Waals surface area contributed by atoms with Gasteiger partial charge in [0.15, 0.2) is 5.65 Å². The lowest BCUT2D eigenvalue weighted by Gasteiger charge is -2.07. The lowest BCUT2D eigenvalue weighted by molar-refractivity contribution is -0.116. The number of pyridine rings is 1. The van der Waals surface area contributed by atoms with Crippen molar-refractivity contribution in [2.24, 2.45) is 0 Å². The summed E-state index contributed by atoms with van der Waals surface area (Å²) in [4.78, 5) is 16.6. The van der Waals surface area contributed by atoms with E-state index in [-0.39, 0.29) is 18.4 Å². The van der Waals surface area contributed by atoms with E-state index in [4.69, 9.17) is 5.73 Å². The molecule has 0 aliphatic carbocycles. The van der Waals surface area contributed by atoms with Crippen LogP contribution in [0.5, 0.6) is 0 Å². The molecular formula is C21H19N9O. The van der Waals surface area contributed by atoms with Gasteiger partial charge in [-0.15, -0.1) is 5.10 Å². The average Bonchev–Trinajstić information content (AvgIpc) is 3.49. The van der Waals surface area contributed by atoms with Crippen molar-refractivity contribution in [3.05, 3.63) is 79.0 Å². The maximum Gasteiger partial charge on any atom is 0.246 e.